The molecule has 8 nitrogen and oxygen atoms in total. The van der Waals surface area contributed by atoms with Crippen LogP contribution >= 0.6 is 0 Å². The van der Waals surface area contributed by atoms with E-state index in [0.29, 0.717) is 17.7 Å². The van der Waals surface area contributed by atoms with Crippen LogP contribution in [0.2, 0.25) is 0 Å². The van der Waals surface area contributed by atoms with Crippen LogP contribution in [0.1, 0.15) is 28.7 Å². The van der Waals surface area contributed by atoms with Gasteiger partial charge < -0.3 is 11.1 Å². The first kappa shape index (κ1) is 21.3. The number of primary amides is 1. The molecule has 8 heteroatoms. The molecule has 33 heavy (non-hydrogen) atoms. The summed E-state index contributed by atoms with van der Waals surface area (Å²) in [6.45, 7) is 4.03. The Bertz CT molecular complexity index is 1190. The Morgan fingerprint density at radius 2 is 1.82 bits per heavy atom. The number of fused-ring (bicyclic) bond motifs is 4. The zero-order valence-corrected chi connectivity index (χ0v) is 18.6. The zero-order valence-electron chi connectivity index (χ0n) is 18.6. The monoisotopic (exact) mass is 446 g/mol. The molecular formula is C25H26N4O4. The average Bonchev–Trinajstić information content (AvgIpc) is 3.33. The fourth-order valence-corrected chi connectivity index (χ4v) is 5.82. The molecule has 170 valence electrons. The lowest BCUT2D eigenvalue weighted by Gasteiger charge is -2.29. The fraction of sp³-hybridized carbons (Fsp3) is 0.360. The van der Waals surface area contributed by atoms with Crippen LogP contribution in [0.4, 0.5) is 5.69 Å². The first-order valence-electron chi connectivity index (χ1n) is 11.1. The standard InChI is InChI=1S/C25H26N4O4/c1-13-10-14(2)21-16(11-13)25(24(33)27-21)20-19(17(28-25)12-18(26)30)22(31)29(23(20)32)9-8-15-6-4-3-5-7-15/h3-7,10-11,17,19-20,28H,8-9,12H2,1-2H3,(H2,26,30)(H,27,33)/t17-,19+,20-,25-/m0/s1. The second-order valence-electron chi connectivity index (χ2n) is 9.25. The molecule has 2 aromatic carbocycles. The summed E-state index contributed by atoms with van der Waals surface area (Å²) in [5.74, 6) is -3.49. The highest BCUT2D eigenvalue weighted by Crippen LogP contribution is 2.54. The quantitative estimate of drug-likeness (QED) is 0.595. The highest BCUT2D eigenvalue weighted by Gasteiger charge is 2.70. The van der Waals surface area contributed by atoms with Crippen molar-refractivity contribution >= 4 is 29.3 Å². The van der Waals surface area contributed by atoms with E-state index in [0.717, 1.165) is 16.7 Å². The van der Waals surface area contributed by atoms with Crippen LogP contribution in [0.5, 0.6) is 0 Å². The largest absolute Gasteiger partial charge is 0.370 e. The number of hydrogen-bond acceptors (Lipinski definition) is 5. The molecular weight excluding hydrogens is 420 g/mol. The smallest absolute Gasteiger partial charge is 0.250 e. The van der Waals surface area contributed by atoms with Gasteiger partial charge in [0.15, 0.2) is 0 Å². The van der Waals surface area contributed by atoms with E-state index in [-0.39, 0.29) is 30.7 Å². The van der Waals surface area contributed by atoms with Crippen LogP contribution in [0.15, 0.2) is 42.5 Å². The number of anilines is 1. The van der Waals surface area contributed by atoms with Gasteiger partial charge in [0.25, 0.3) is 0 Å². The van der Waals surface area contributed by atoms with Crippen molar-refractivity contribution in [2.24, 2.45) is 17.6 Å². The fourth-order valence-electron chi connectivity index (χ4n) is 5.82. The SMILES string of the molecule is Cc1cc(C)c2c(c1)[C@@]1(N[C@@H](CC(N)=O)[C@H]3C(=O)N(CCc4ccccc4)C(=O)[C@H]31)C(=O)N2. The number of hydrogen-bond donors (Lipinski definition) is 3. The molecule has 3 aliphatic rings. The maximum Gasteiger partial charge on any atom is 0.250 e. The number of rotatable bonds is 5. The van der Waals surface area contributed by atoms with Crippen molar-refractivity contribution in [2.45, 2.75) is 38.3 Å². The minimum Gasteiger partial charge on any atom is -0.370 e. The van der Waals surface area contributed by atoms with Gasteiger partial charge in [-0.1, -0.05) is 48.0 Å². The molecule has 5 rings (SSSR count). The first-order valence-corrected chi connectivity index (χ1v) is 11.1. The normalized spacial score (nSPS) is 27.8. The van der Waals surface area contributed by atoms with Crippen molar-refractivity contribution in [1.82, 2.24) is 10.2 Å². The Hall–Kier alpha value is -3.52. The van der Waals surface area contributed by atoms with Crippen LogP contribution < -0.4 is 16.4 Å². The lowest BCUT2D eigenvalue weighted by molar-refractivity contribution is -0.142. The van der Waals surface area contributed by atoms with Gasteiger partial charge in [-0.15, -0.1) is 0 Å². The van der Waals surface area contributed by atoms with Gasteiger partial charge in [-0.25, -0.2) is 0 Å². The van der Waals surface area contributed by atoms with Gasteiger partial charge in [-0.05, 0) is 31.4 Å². The van der Waals surface area contributed by atoms with E-state index >= 15 is 0 Å². The summed E-state index contributed by atoms with van der Waals surface area (Å²) >= 11 is 0. The maximum absolute atomic E-state index is 13.7. The summed E-state index contributed by atoms with van der Waals surface area (Å²) in [7, 11) is 0. The molecule has 4 atom stereocenters. The summed E-state index contributed by atoms with van der Waals surface area (Å²) in [6.07, 6.45) is 0.377. The number of nitrogens with two attached hydrogens (primary N) is 1. The molecule has 3 aliphatic heterocycles. The molecule has 2 saturated heterocycles. The van der Waals surface area contributed by atoms with E-state index in [1.54, 1.807) is 0 Å². The number of benzene rings is 2. The van der Waals surface area contributed by atoms with Gasteiger partial charge in [0.1, 0.15) is 5.54 Å². The third kappa shape index (κ3) is 3.08. The minimum atomic E-state index is -1.41. The van der Waals surface area contributed by atoms with Crippen LogP contribution in [-0.4, -0.2) is 41.1 Å². The Labute approximate surface area is 191 Å². The Balaban J connectivity index is 1.57. The van der Waals surface area contributed by atoms with Crippen LogP contribution in [-0.2, 0) is 31.1 Å². The average molecular weight is 447 g/mol. The van der Waals surface area contributed by atoms with Crippen LogP contribution in [0.3, 0.4) is 0 Å². The third-order valence-electron chi connectivity index (χ3n) is 7.14. The summed E-state index contributed by atoms with van der Waals surface area (Å²) in [5.41, 5.74) is 8.20. The summed E-state index contributed by atoms with van der Waals surface area (Å²) < 4.78 is 0. The summed E-state index contributed by atoms with van der Waals surface area (Å²) in [6, 6.07) is 12.7. The van der Waals surface area contributed by atoms with E-state index in [2.05, 4.69) is 10.6 Å². The van der Waals surface area contributed by atoms with E-state index < -0.39 is 29.3 Å². The number of aryl methyl sites for hydroxylation is 2. The van der Waals surface area contributed by atoms with E-state index in [1.807, 2.05) is 56.3 Å². The number of carbonyl (C=O) groups is 4. The molecule has 2 aromatic rings. The summed E-state index contributed by atoms with van der Waals surface area (Å²) in [5, 5.41) is 6.15. The molecule has 0 unspecified atom stereocenters. The predicted molar refractivity (Wildman–Crippen MR) is 121 cm³/mol. The van der Waals surface area contributed by atoms with Crippen molar-refractivity contribution in [3.05, 3.63) is 64.7 Å². The molecule has 0 bridgehead atoms. The molecule has 1 spiro atoms. The van der Waals surface area contributed by atoms with Crippen molar-refractivity contribution < 1.29 is 19.2 Å². The highest BCUT2D eigenvalue weighted by atomic mass is 16.2. The molecule has 0 aliphatic carbocycles. The second-order valence-corrected chi connectivity index (χ2v) is 9.25. The van der Waals surface area contributed by atoms with Gasteiger partial charge in [-0.3, -0.25) is 29.4 Å². The van der Waals surface area contributed by atoms with Crippen LogP contribution in [0, 0.1) is 25.7 Å². The van der Waals surface area contributed by atoms with Gasteiger partial charge in [-0.2, -0.15) is 0 Å². The van der Waals surface area contributed by atoms with Crippen molar-refractivity contribution in [3.63, 3.8) is 0 Å². The van der Waals surface area contributed by atoms with E-state index in [9.17, 15) is 19.2 Å². The minimum absolute atomic E-state index is 0.137. The Morgan fingerprint density at radius 1 is 1.09 bits per heavy atom. The van der Waals surface area contributed by atoms with Crippen molar-refractivity contribution in [1.29, 1.82) is 0 Å². The van der Waals surface area contributed by atoms with Gasteiger partial charge >= 0.3 is 0 Å². The second kappa shape index (κ2) is 7.52. The third-order valence-corrected chi connectivity index (χ3v) is 7.14. The molecule has 2 fully saturated rings. The van der Waals surface area contributed by atoms with Crippen molar-refractivity contribution in [3.8, 4) is 0 Å². The maximum atomic E-state index is 13.7. The lowest BCUT2D eigenvalue weighted by Crippen LogP contribution is -2.53. The lowest BCUT2D eigenvalue weighted by atomic mass is 9.76. The zero-order chi connectivity index (χ0) is 23.5. The van der Waals surface area contributed by atoms with Crippen LogP contribution in [0.25, 0.3) is 0 Å². The number of nitrogens with zero attached hydrogens (tertiary/aromatic N) is 1. The van der Waals surface area contributed by atoms with Gasteiger partial charge in [0.2, 0.25) is 23.6 Å². The number of likely N-dealkylation sites (tertiary alicyclic amines) is 1. The topological polar surface area (TPSA) is 122 Å². The number of amides is 4. The Kier molecular flexibility index (Phi) is 4.86. The molecule has 0 saturated carbocycles. The molecule has 4 N–H and O–H groups in total. The predicted octanol–water partition coefficient (Wildman–Crippen LogP) is 1.14. The van der Waals surface area contributed by atoms with E-state index in [4.69, 9.17) is 5.73 Å². The molecule has 0 radical (unpaired) electrons. The Morgan fingerprint density at radius 3 is 2.52 bits per heavy atom. The van der Waals surface area contributed by atoms with Gasteiger partial charge in [0.05, 0.1) is 11.8 Å². The number of nitrogens with one attached hydrogen (secondary N) is 2. The highest BCUT2D eigenvalue weighted by molar-refractivity contribution is 6.15. The van der Waals surface area contributed by atoms with Crippen molar-refractivity contribution in [2.75, 3.05) is 11.9 Å². The number of carbonyl (C=O) groups excluding carboxylic acids is 4. The van der Waals surface area contributed by atoms with Gasteiger partial charge in [0, 0.05) is 30.3 Å². The molecule has 4 amide bonds. The first-order chi connectivity index (χ1) is 15.7. The van der Waals surface area contributed by atoms with E-state index in [1.165, 1.54) is 4.90 Å². The summed E-state index contributed by atoms with van der Waals surface area (Å²) in [4.78, 5) is 53.7. The molecule has 0 aromatic heterocycles. The number of imide groups is 1. The molecule has 3 heterocycles.